The number of benzene rings is 3. The minimum absolute atomic E-state index is 0.109. The monoisotopic (exact) mass is 560 g/mol. The molecule has 9 nitrogen and oxygen atoms in total. The number of hydrogen-bond acceptors (Lipinski definition) is 8. The molecule has 0 unspecified atom stereocenters. The summed E-state index contributed by atoms with van der Waals surface area (Å²) in [6.07, 6.45) is -1.02. The maximum absolute atomic E-state index is 13.9. The van der Waals surface area contributed by atoms with Gasteiger partial charge in [0.1, 0.15) is 23.6 Å². The Labute approximate surface area is 229 Å². The van der Waals surface area contributed by atoms with Gasteiger partial charge in [-0.05, 0) is 64.0 Å². The molecule has 1 atom stereocenters. The van der Waals surface area contributed by atoms with Crippen LogP contribution in [0, 0.1) is 11.3 Å². The fourth-order valence-corrected chi connectivity index (χ4v) is 6.74. The standard InChI is InChI=1S/C28H24N4O5S2/c29-15-24-12-20(18-38-24)16-31-11-10-26(27(31)33)32(28(34)37-17-19-4-2-1-3-5-19)39(35,36)25-9-7-21-13-23(30)8-6-22(21)14-25/h1-9,12-14,18,26H,10-11,16-17,30H2/t26-/m0/s1. The van der Waals surface area contributed by atoms with Crippen LogP contribution in [0.5, 0.6) is 0 Å². The van der Waals surface area contributed by atoms with Gasteiger partial charge in [-0.25, -0.2) is 13.2 Å². The summed E-state index contributed by atoms with van der Waals surface area (Å²) >= 11 is 1.27. The van der Waals surface area contributed by atoms with E-state index in [0.29, 0.717) is 25.8 Å². The zero-order valence-electron chi connectivity index (χ0n) is 20.7. The van der Waals surface area contributed by atoms with Crippen LogP contribution < -0.4 is 5.73 Å². The van der Waals surface area contributed by atoms with Crippen molar-refractivity contribution < 1.29 is 22.7 Å². The van der Waals surface area contributed by atoms with Gasteiger partial charge in [0.15, 0.2) is 0 Å². The van der Waals surface area contributed by atoms with Crippen molar-refractivity contribution in [3.8, 4) is 6.07 Å². The third-order valence-corrected chi connectivity index (χ3v) is 9.12. The normalized spacial score (nSPS) is 15.3. The van der Waals surface area contributed by atoms with Gasteiger partial charge in [0.25, 0.3) is 10.0 Å². The number of carbonyl (C=O) groups excluding carboxylic acids is 2. The van der Waals surface area contributed by atoms with Crippen LogP contribution in [0.3, 0.4) is 0 Å². The van der Waals surface area contributed by atoms with E-state index in [9.17, 15) is 18.0 Å². The largest absolute Gasteiger partial charge is 0.444 e. The third kappa shape index (κ3) is 5.43. The lowest BCUT2D eigenvalue weighted by atomic mass is 10.1. The molecule has 3 aromatic carbocycles. The van der Waals surface area contributed by atoms with Crippen LogP contribution in [-0.4, -0.2) is 42.2 Å². The van der Waals surface area contributed by atoms with Crippen LogP contribution in [0.2, 0.25) is 0 Å². The minimum atomic E-state index is -4.48. The first-order valence-electron chi connectivity index (χ1n) is 12.1. The van der Waals surface area contributed by atoms with Crippen LogP contribution in [-0.2, 0) is 32.7 Å². The number of fused-ring (bicyclic) bond motifs is 1. The zero-order chi connectivity index (χ0) is 27.6. The number of rotatable bonds is 7. The summed E-state index contributed by atoms with van der Waals surface area (Å²) in [5.41, 5.74) is 7.82. The summed E-state index contributed by atoms with van der Waals surface area (Å²) in [6, 6.07) is 20.9. The number of anilines is 1. The second-order valence-electron chi connectivity index (χ2n) is 9.10. The van der Waals surface area contributed by atoms with Gasteiger partial charge in [-0.15, -0.1) is 11.3 Å². The Kier molecular flexibility index (Phi) is 7.24. The lowest BCUT2D eigenvalue weighted by Crippen LogP contribution is -2.48. The van der Waals surface area contributed by atoms with Crippen molar-refractivity contribution in [3.63, 3.8) is 0 Å². The molecule has 39 heavy (non-hydrogen) atoms. The van der Waals surface area contributed by atoms with E-state index in [4.69, 9.17) is 15.7 Å². The molecule has 5 rings (SSSR count). The highest BCUT2D eigenvalue weighted by Crippen LogP contribution is 2.30. The Balaban J connectivity index is 1.46. The molecular formula is C28H24N4O5S2. The van der Waals surface area contributed by atoms with E-state index in [1.54, 1.807) is 60.0 Å². The number of hydrogen-bond donors (Lipinski definition) is 1. The van der Waals surface area contributed by atoms with E-state index in [1.165, 1.54) is 28.4 Å². The summed E-state index contributed by atoms with van der Waals surface area (Å²) in [4.78, 5) is 28.7. The van der Waals surface area contributed by atoms with Gasteiger partial charge < -0.3 is 15.4 Å². The summed E-state index contributed by atoms with van der Waals surface area (Å²) < 4.78 is 33.9. The highest BCUT2D eigenvalue weighted by molar-refractivity contribution is 7.89. The van der Waals surface area contributed by atoms with E-state index in [0.717, 1.165) is 10.9 Å². The van der Waals surface area contributed by atoms with Crippen molar-refractivity contribution >= 4 is 49.8 Å². The van der Waals surface area contributed by atoms with E-state index in [-0.39, 0.29) is 31.0 Å². The summed E-state index contributed by atoms with van der Waals surface area (Å²) in [5, 5.41) is 12.2. The van der Waals surface area contributed by atoms with Crippen LogP contribution in [0.25, 0.3) is 10.8 Å². The predicted octanol–water partition coefficient (Wildman–Crippen LogP) is 4.48. The van der Waals surface area contributed by atoms with Crippen molar-refractivity contribution in [3.05, 3.63) is 94.2 Å². The van der Waals surface area contributed by atoms with E-state index >= 15 is 0 Å². The molecule has 4 aromatic rings. The SMILES string of the molecule is N#Cc1cc(CN2CC[C@H](N(C(=O)OCc3ccccc3)S(=O)(=O)c3ccc4cc(N)ccc4c3)C2=O)cs1. The molecule has 1 aliphatic heterocycles. The molecule has 0 saturated carbocycles. The summed E-state index contributed by atoms with van der Waals surface area (Å²) in [5.74, 6) is -0.506. The number of nitrogens with two attached hydrogens (primary N) is 1. The average molecular weight is 561 g/mol. The van der Waals surface area contributed by atoms with Crippen LogP contribution in [0.4, 0.5) is 10.5 Å². The van der Waals surface area contributed by atoms with Crippen molar-refractivity contribution in [2.45, 2.75) is 30.5 Å². The van der Waals surface area contributed by atoms with Crippen molar-refractivity contribution in [2.24, 2.45) is 0 Å². The Morgan fingerprint density at radius 2 is 1.82 bits per heavy atom. The number of sulfonamides is 1. The first-order valence-corrected chi connectivity index (χ1v) is 14.4. The number of thiophene rings is 1. The average Bonchev–Trinajstić information content (AvgIpc) is 3.54. The number of nitriles is 1. The minimum Gasteiger partial charge on any atom is -0.444 e. The molecule has 1 fully saturated rings. The van der Waals surface area contributed by atoms with Crippen LogP contribution in [0.1, 0.15) is 22.4 Å². The van der Waals surface area contributed by atoms with Crippen molar-refractivity contribution in [1.29, 1.82) is 5.26 Å². The van der Waals surface area contributed by atoms with Gasteiger partial charge in [0.05, 0.1) is 4.90 Å². The van der Waals surface area contributed by atoms with E-state index < -0.39 is 28.1 Å². The maximum atomic E-state index is 13.9. The number of ether oxygens (including phenoxy) is 1. The van der Waals surface area contributed by atoms with Gasteiger partial charge in [-0.2, -0.15) is 9.57 Å². The predicted molar refractivity (Wildman–Crippen MR) is 147 cm³/mol. The number of nitrogen functional groups attached to an aromatic ring is 1. The number of amides is 2. The van der Waals surface area contributed by atoms with Gasteiger partial charge in [0.2, 0.25) is 5.91 Å². The molecule has 198 valence electrons. The number of likely N-dealkylation sites (tertiary alicyclic amines) is 1. The number of carbonyl (C=O) groups is 2. The quantitative estimate of drug-likeness (QED) is 0.329. The summed E-state index contributed by atoms with van der Waals surface area (Å²) in [6.45, 7) is 0.299. The topological polar surface area (TPSA) is 134 Å². The molecule has 1 aromatic heterocycles. The zero-order valence-corrected chi connectivity index (χ0v) is 22.3. The van der Waals surface area contributed by atoms with E-state index in [2.05, 4.69) is 6.07 Å². The molecule has 11 heteroatoms. The molecule has 2 N–H and O–H groups in total. The first kappa shape index (κ1) is 26.2. The highest BCUT2D eigenvalue weighted by atomic mass is 32.2. The molecule has 2 amide bonds. The number of nitrogens with zero attached hydrogens (tertiary/aromatic N) is 3. The Morgan fingerprint density at radius 3 is 2.56 bits per heavy atom. The third-order valence-electron chi connectivity index (χ3n) is 6.47. The molecule has 1 saturated heterocycles. The smallest absolute Gasteiger partial charge is 0.424 e. The fourth-order valence-electron chi connectivity index (χ4n) is 4.53. The second-order valence-corrected chi connectivity index (χ2v) is 11.8. The Morgan fingerprint density at radius 1 is 1.08 bits per heavy atom. The van der Waals surface area contributed by atoms with Gasteiger partial charge in [0, 0.05) is 18.8 Å². The first-order chi connectivity index (χ1) is 18.8. The highest BCUT2D eigenvalue weighted by Gasteiger charge is 2.45. The molecule has 0 aliphatic carbocycles. The van der Waals surface area contributed by atoms with Crippen LogP contribution in [0.15, 0.2) is 83.1 Å². The second kappa shape index (κ2) is 10.8. The molecule has 0 bridgehead atoms. The molecule has 0 radical (unpaired) electrons. The summed E-state index contributed by atoms with van der Waals surface area (Å²) in [7, 11) is -4.48. The van der Waals surface area contributed by atoms with Crippen LogP contribution >= 0.6 is 11.3 Å². The molecule has 0 spiro atoms. The molecule has 1 aliphatic rings. The Bertz CT molecular complexity index is 1700. The van der Waals surface area contributed by atoms with Gasteiger partial charge in [-0.3, -0.25) is 4.79 Å². The lowest BCUT2D eigenvalue weighted by molar-refractivity contribution is -0.131. The van der Waals surface area contributed by atoms with E-state index in [1.807, 2.05) is 6.07 Å². The van der Waals surface area contributed by atoms with Gasteiger partial charge in [-0.1, -0.05) is 42.5 Å². The molecular weight excluding hydrogens is 536 g/mol. The van der Waals surface area contributed by atoms with Crippen molar-refractivity contribution in [1.82, 2.24) is 9.21 Å². The maximum Gasteiger partial charge on any atom is 0.424 e. The lowest BCUT2D eigenvalue weighted by Gasteiger charge is -2.27. The Hall–Kier alpha value is -4.40. The van der Waals surface area contributed by atoms with Gasteiger partial charge >= 0.3 is 6.09 Å². The fraction of sp³-hybridized carbons (Fsp3) is 0.179. The van der Waals surface area contributed by atoms with Crippen molar-refractivity contribution in [2.75, 3.05) is 12.3 Å². The molecule has 2 heterocycles.